The van der Waals surface area contributed by atoms with Crippen molar-refractivity contribution >= 4 is 29.2 Å². The first-order valence-corrected chi connectivity index (χ1v) is 7.73. The van der Waals surface area contributed by atoms with Crippen LogP contribution in [0.15, 0.2) is 18.2 Å². The summed E-state index contributed by atoms with van der Waals surface area (Å²) in [6, 6.07) is 4.99. The van der Waals surface area contributed by atoms with Crippen molar-refractivity contribution < 1.29 is 19.1 Å². The molecule has 0 unspecified atom stereocenters. The van der Waals surface area contributed by atoms with Crippen LogP contribution in [0.25, 0.3) is 0 Å². The highest BCUT2D eigenvalue weighted by atomic mass is 35.5. The summed E-state index contributed by atoms with van der Waals surface area (Å²) in [6.45, 7) is 2.48. The van der Waals surface area contributed by atoms with Gasteiger partial charge in [0, 0.05) is 17.9 Å². The molecule has 22 heavy (non-hydrogen) atoms. The highest BCUT2D eigenvalue weighted by molar-refractivity contribution is 6.31. The van der Waals surface area contributed by atoms with Gasteiger partial charge in [-0.2, -0.15) is 0 Å². The molecule has 0 spiro atoms. The Bertz CT molecular complexity index is 505. The second kappa shape index (κ2) is 10.1. The standard InChI is InChI=1S/C16H22ClNO4/c1-3-4-10-22-16(20)7-5-6-15(19)18-13-11-12(17)8-9-14(13)21-2/h8-9,11H,3-7,10H2,1-2H3,(H,18,19). The maximum atomic E-state index is 11.9. The molecule has 6 heteroatoms. The fourth-order valence-electron chi connectivity index (χ4n) is 1.79. The fraction of sp³-hybridized carbons (Fsp3) is 0.500. The number of nitrogens with one attached hydrogen (secondary N) is 1. The Kier molecular flexibility index (Phi) is 8.36. The number of hydrogen-bond donors (Lipinski definition) is 1. The molecule has 0 atom stereocenters. The summed E-state index contributed by atoms with van der Waals surface area (Å²) in [6.07, 6.45) is 2.76. The Morgan fingerprint density at radius 3 is 2.68 bits per heavy atom. The van der Waals surface area contributed by atoms with Crippen molar-refractivity contribution in [3.05, 3.63) is 23.2 Å². The van der Waals surface area contributed by atoms with Crippen LogP contribution < -0.4 is 10.1 Å². The second-order valence-corrected chi connectivity index (χ2v) is 5.26. The molecule has 0 saturated heterocycles. The van der Waals surface area contributed by atoms with E-state index in [0.29, 0.717) is 29.5 Å². The van der Waals surface area contributed by atoms with Gasteiger partial charge in [-0.05, 0) is 31.0 Å². The van der Waals surface area contributed by atoms with Crippen molar-refractivity contribution in [1.82, 2.24) is 0 Å². The van der Waals surface area contributed by atoms with Crippen LogP contribution in [0, 0.1) is 0 Å². The quantitative estimate of drug-likeness (QED) is 0.553. The van der Waals surface area contributed by atoms with Gasteiger partial charge in [0.2, 0.25) is 5.91 Å². The minimum atomic E-state index is -0.262. The molecule has 1 aromatic carbocycles. The molecule has 1 aromatic rings. The average Bonchev–Trinajstić information content (AvgIpc) is 2.48. The zero-order valence-corrected chi connectivity index (χ0v) is 13.7. The minimum Gasteiger partial charge on any atom is -0.495 e. The lowest BCUT2D eigenvalue weighted by molar-refractivity contribution is -0.143. The third-order valence-corrected chi connectivity index (χ3v) is 3.22. The van der Waals surface area contributed by atoms with E-state index in [0.717, 1.165) is 12.8 Å². The number of anilines is 1. The molecule has 0 aliphatic carbocycles. The summed E-state index contributed by atoms with van der Waals surface area (Å²) in [7, 11) is 1.52. The minimum absolute atomic E-state index is 0.193. The molecule has 1 N–H and O–H groups in total. The molecule has 0 saturated carbocycles. The highest BCUT2D eigenvalue weighted by Crippen LogP contribution is 2.27. The first kappa shape index (κ1) is 18.3. The number of benzene rings is 1. The molecule has 0 bridgehead atoms. The van der Waals surface area contributed by atoms with E-state index < -0.39 is 0 Å². The summed E-state index contributed by atoms with van der Waals surface area (Å²) in [5, 5.41) is 3.24. The predicted octanol–water partition coefficient (Wildman–Crippen LogP) is 3.80. The summed E-state index contributed by atoms with van der Waals surface area (Å²) < 4.78 is 10.2. The summed E-state index contributed by atoms with van der Waals surface area (Å²) in [4.78, 5) is 23.3. The molecule has 0 aliphatic heterocycles. The zero-order valence-electron chi connectivity index (χ0n) is 13.0. The summed E-state index contributed by atoms with van der Waals surface area (Å²) in [5.41, 5.74) is 0.519. The highest BCUT2D eigenvalue weighted by Gasteiger charge is 2.10. The van der Waals surface area contributed by atoms with Gasteiger partial charge in [0.25, 0.3) is 0 Å². The van der Waals surface area contributed by atoms with Crippen LogP contribution in [-0.2, 0) is 14.3 Å². The molecule has 0 radical (unpaired) electrons. The zero-order chi connectivity index (χ0) is 16.4. The summed E-state index contributed by atoms with van der Waals surface area (Å²) >= 11 is 5.90. The van der Waals surface area contributed by atoms with E-state index >= 15 is 0 Å². The first-order chi connectivity index (χ1) is 10.6. The van der Waals surface area contributed by atoms with Crippen molar-refractivity contribution in [2.45, 2.75) is 39.0 Å². The van der Waals surface area contributed by atoms with Crippen LogP contribution in [0.1, 0.15) is 39.0 Å². The van der Waals surface area contributed by atoms with Gasteiger partial charge >= 0.3 is 5.97 Å². The van der Waals surface area contributed by atoms with Gasteiger partial charge in [0.15, 0.2) is 0 Å². The Balaban J connectivity index is 2.35. The Labute approximate surface area is 135 Å². The van der Waals surface area contributed by atoms with Crippen LogP contribution in [0.4, 0.5) is 5.69 Å². The van der Waals surface area contributed by atoms with E-state index in [1.54, 1.807) is 18.2 Å². The number of hydrogen-bond acceptors (Lipinski definition) is 4. The molecule has 0 fully saturated rings. The normalized spacial score (nSPS) is 10.1. The smallest absolute Gasteiger partial charge is 0.305 e. The topological polar surface area (TPSA) is 64.6 Å². The monoisotopic (exact) mass is 327 g/mol. The number of unbranched alkanes of at least 4 members (excludes halogenated alkanes) is 1. The number of esters is 1. The number of carbonyl (C=O) groups is 2. The van der Waals surface area contributed by atoms with Gasteiger partial charge in [-0.25, -0.2) is 0 Å². The molecular weight excluding hydrogens is 306 g/mol. The second-order valence-electron chi connectivity index (χ2n) is 4.82. The van der Waals surface area contributed by atoms with Crippen molar-refractivity contribution in [2.24, 2.45) is 0 Å². The van der Waals surface area contributed by atoms with Gasteiger partial charge in [-0.3, -0.25) is 9.59 Å². The van der Waals surface area contributed by atoms with Crippen LogP contribution in [0.5, 0.6) is 5.75 Å². The number of carbonyl (C=O) groups excluding carboxylic acids is 2. The van der Waals surface area contributed by atoms with Gasteiger partial charge in [-0.15, -0.1) is 0 Å². The number of ether oxygens (including phenoxy) is 2. The molecule has 0 aliphatic rings. The molecule has 0 heterocycles. The lowest BCUT2D eigenvalue weighted by atomic mass is 10.2. The van der Waals surface area contributed by atoms with Crippen LogP contribution in [0.3, 0.4) is 0 Å². The lowest BCUT2D eigenvalue weighted by Crippen LogP contribution is -2.13. The molecular formula is C16H22ClNO4. The largest absolute Gasteiger partial charge is 0.495 e. The first-order valence-electron chi connectivity index (χ1n) is 7.35. The number of amides is 1. The van der Waals surface area contributed by atoms with E-state index in [-0.39, 0.29) is 24.7 Å². The van der Waals surface area contributed by atoms with Crippen LogP contribution >= 0.6 is 11.6 Å². The Morgan fingerprint density at radius 2 is 2.00 bits per heavy atom. The maximum absolute atomic E-state index is 11.9. The fourth-order valence-corrected chi connectivity index (χ4v) is 1.96. The van der Waals surface area contributed by atoms with Gasteiger partial charge < -0.3 is 14.8 Å². The van der Waals surface area contributed by atoms with E-state index in [2.05, 4.69) is 5.32 Å². The molecule has 1 rings (SSSR count). The molecule has 0 aromatic heterocycles. The third-order valence-electron chi connectivity index (χ3n) is 2.98. The molecule has 1 amide bonds. The van der Waals surface area contributed by atoms with E-state index in [1.807, 2.05) is 6.92 Å². The number of methoxy groups -OCH3 is 1. The lowest BCUT2D eigenvalue weighted by Gasteiger charge is -2.10. The van der Waals surface area contributed by atoms with E-state index in [9.17, 15) is 9.59 Å². The van der Waals surface area contributed by atoms with Crippen molar-refractivity contribution in [3.63, 3.8) is 0 Å². The van der Waals surface area contributed by atoms with Gasteiger partial charge in [-0.1, -0.05) is 24.9 Å². The average molecular weight is 328 g/mol. The van der Waals surface area contributed by atoms with Crippen molar-refractivity contribution in [3.8, 4) is 5.75 Å². The Hall–Kier alpha value is -1.75. The third kappa shape index (κ3) is 6.80. The SMILES string of the molecule is CCCCOC(=O)CCCC(=O)Nc1cc(Cl)ccc1OC. The van der Waals surface area contributed by atoms with Gasteiger partial charge in [0.05, 0.1) is 19.4 Å². The van der Waals surface area contributed by atoms with Crippen LogP contribution in [0.2, 0.25) is 5.02 Å². The number of rotatable bonds is 9. The maximum Gasteiger partial charge on any atom is 0.305 e. The van der Waals surface area contributed by atoms with Crippen molar-refractivity contribution in [2.75, 3.05) is 19.0 Å². The molecule has 5 nitrogen and oxygen atoms in total. The van der Waals surface area contributed by atoms with Crippen molar-refractivity contribution in [1.29, 1.82) is 0 Å². The summed E-state index contributed by atoms with van der Waals surface area (Å²) in [5.74, 6) is 0.0836. The molecule has 122 valence electrons. The van der Waals surface area contributed by atoms with E-state index in [1.165, 1.54) is 7.11 Å². The number of halogens is 1. The Morgan fingerprint density at radius 1 is 1.23 bits per heavy atom. The van der Waals surface area contributed by atoms with E-state index in [4.69, 9.17) is 21.1 Å². The predicted molar refractivity (Wildman–Crippen MR) is 86.4 cm³/mol. The van der Waals surface area contributed by atoms with Crippen LogP contribution in [-0.4, -0.2) is 25.6 Å². The van der Waals surface area contributed by atoms with Gasteiger partial charge in [0.1, 0.15) is 5.75 Å².